The van der Waals surface area contributed by atoms with Crippen LogP contribution in [0.25, 0.3) is 16.6 Å². The summed E-state index contributed by atoms with van der Waals surface area (Å²) < 4.78 is 6.93. The summed E-state index contributed by atoms with van der Waals surface area (Å²) in [6.45, 7) is 4.48. The van der Waals surface area contributed by atoms with Crippen molar-refractivity contribution in [2.75, 3.05) is 12.4 Å². The van der Waals surface area contributed by atoms with Crippen molar-refractivity contribution in [3.63, 3.8) is 0 Å². The van der Waals surface area contributed by atoms with Crippen molar-refractivity contribution < 1.29 is 4.74 Å². The van der Waals surface area contributed by atoms with Crippen molar-refractivity contribution in [2.24, 2.45) is 0 Å². The minimum atomic E-state index is -0.132. The molecule has 0 fully saturated rings. The lowest BCUT2D eigenvalue weighted by atomic mass is 10.2. The third kappa shape index (κ3) is 3.77. The van der Waals surface area contributed by atoms with Crippen LogP contribution in [0.4, 0.5) is 11.5 Å². The summed E-state index contributed by atoms with van der Waals surface area (Å²) in [6.07, 6.45) is 3.47. The van der Waals surface area contributed by atoms with Gasteiger partial charge in [0.15, 0.2) is 11.4 Å². The fourth-order valence-electron chi connectivity index (χ4n) is 3.19. The van der Waals surface area contributed by atoms with Crippen LogP contribution in [-0.2, 0) is 6.54 Å². The topological polar surface area (TPSA) is 80.5 Å². The van der Waals surface area contributed by atoms with E-state index in [4.69, 9.17) is 9.72 Å². The predicted molar refractivity (Wildman–Crippen MR) is 115 cm³/mol. The fourth-order valence-corrected chi connectivity index (χ4v) is 3.19. The number of nitrogens with one attached hydrogen (secondary N) is 2. The lowest BCUT2D eigenvalue weighted by molar-refractivity contribution is 0.416. The molecule has 1 aromatic carbocycles. The Hall–Kier alpha value is -3.45. The van der Waals surface area contributed by atoms with E-state index in [0.29, 0.717) is 29.3 Å². The second-order valence-electron chi connectivity index (χ2n) is 7.09. The molecule has 0 amide bonds. The number of nitrogens with zero attached hydrogens (tertiary/aromatic N) is 3. The van der Waals surface area contributed by atoms with Gasteiger partial charge in [-0.25, -0.2) is 4.98 Å². The maximum atomic E-state index is 13.2. The number of methoxy groups -OCH3 is 1. The Bertz CT molecular complexity index is 1230. The van der Waals surface area contributed by atoms with Gasteiger partial charge < -0.3 is 15.4 Å². The van der Waals surface area contributed by atoms with Gasteiger partial charge in [-0.1, -0.05) is 19.9 Å². The van der Waals surface area contributed by atoms with Gasteiger partial charge in [0.25, 0.3) is 5.56 Å². The molecule has 0 bridgehead atoms. The number of pyridine rings is 2. The van der Waals surface area contributed by atoms with Gasteiger partial charge >= 0.3 is 0 Å². The second kappa shape index (κ2) is 7.89. The van der Waals surface area contributed by atoms with E-state index < -0.39 is 0 Å². The van der Waals surface area contributed by atoms with Crippen molar-refractivity contribution in [1.82, 2.24) is 19.7 Å². The van der Waals surface area contributed by atoms with Crippen LogP contribution in [0.5, 0.6) is 5.75 Å². The molecule has 3 aromatic heterocycles. The van der Waals surface area contributed by atoms with Crippen molar-refractivity contribution in [1.29, 1.82) is 0 Å². The van der Waals surface area contributed by atoms with Crippen molar-refractivity contribution >= 4 is 28.1 Å². The minimum Gasteiger partial charge on any atom is -0.493 e. The highest BCUT2D eigenvalue weighted by Crippen LogP contribution is 2.24. The minimum absolute atomic E-state index is 0.132. The van der Waals surface area contributed by atoms with E-state index in [1.54, 1.807) is 31.6 Å². The molecule has 0 saturated carbocycles. The average Bonchev–Trinajstić information content (AvgIpc) is 2.73. The Morgan fingerprint density at radius 2 is 2.03 bits per heavy atom. The molecular weight excluding hydrogens is 366 g/mol. The van der Waals surface area contributed by atoms with Gasteiger partial charge in [-0.2, -0.15) is 0 Å². The maximum absolute atomic E-state index is 13.2. The van der Waals surface area contributed by atoms with E-state index in [2.05, 4.69) is 15.6 Å². The Morgan fingerprint density at radius 1 is 1.17 bits per heavy atom. The zero-order valence-electron chi connectivity index (χ0n) is 16.6. The number of benzene rings is 1. The van der Waals surface area contributed by atoms with Gasteiger partial charge in [-0.3, -0.25) is 14.2 Å². The summed E-state index contributed by atoms with van der Waals surface area (Å²) in [4.78, 5) is 22.3. The highest BCUT2D eigenvalue weighted by molar-refractivity contribution is 5.83. The quantitative estimate of drug-likeness (QED) is 0.525. The molecule has 4 aromatic rings. The molecule has 0 spiro atoms. The van der Waals surface area contributed by atoms with Crippen LogP contribution in [0.15, 0.2) is 59.7 Å². The Labute approximate surface area is 168 Å². The first kappa shape index (κ1) is 18.9. The number of hydrogen-bond acceptors (Lipinski definition) is 6. The fraction of sp³-hybridized carbons (Fsp3) is 0.227. The summed E-state index contributed by atoms with van der Waals surface area (Å²) in [5.41, 5.74) is 2.65. The molecule has 0 saturated heterocycles. The summed E-state index contributed by atoms with van der Waals surface area (Å²) in [5.74, 6) is 1.05. The normalized spacial score (nSPS) is 11.3. The smallest absolute Gasteiger partial charge is 0.264 e. The monoisotopic (exact) mass is 389 g/mol. The van der Waals surface area contributed by atoms with Crippen LogP contribution >= 0.6 is 0 Å². The summed E-state index contributed by atoms with van der Waals surface area (Å²) in [5, 5.41) is 7.65. The molecule has 3 heterocycles. The molecule has 4 rings (SSSR count). The number of aromatic nitrogens is 3. The molecule has 0 atom stereocenters. The number of ether oxygens (including phenoxy) is 1. The van der Waals surface area contributed by atoms with E-state index in [0.717, 1.165) is 16.6 Å². The summed E-state index contributed by atoms with van der Waals surface area (Å²) in [7, 11) is 1.57. The van der Waals surface area contributed by atoms with Gasteiger partial charge in [0.1, 0.15) is 5.82 Å². The van der Waals surface area contributed by atoms with Crippen LogP contribution in [-0.4, -0.2) is 27.5 Å². The van der Waals surface area contributed by atoms with Crippen LogP contribution in [0.3, 0.4) is 0 Å². The lowest BCUT2D eigenvalue weighted by Crippen LogP contribution is -2.29. The van der Waals surface area contributed by atoms with Crippen LogP contribution in [0, 0.1) is 0 Å². The first-order valence-electron chi connectivity index (χ1n) is 9.50. The summed E-state index contributed by atoms with van der Waals surface area (Å²) in [6, 6.07) is 13.6. The van der Waals surface area contributed by atoms with Gasteiger partial charge in [-0.15, -0.1) is 0 Å². The number of anilines is 2. The zero-order chi connectivity index (χ0) is 20.4. The lowest BCUT2D eigenvalue weighted by Gasteiger charge is -2.16. The van der Waals surface area contributed by atoms with Crippen LogP contribution in [0.2, 0.25) is 0 Å². The summed E-state index contributed by atoms with van der Waals surface area (Å²) >= 11 is 0. The average molecular weight is 389 g/mol. The van der Waals surface area contributed by atoms with Crippen molar-refractivity contribution in [2.45, 2.75) is 26.4 Å². The molecule has 0 aliphatic heterocycles. The molecule has 148 valence electrons. The van der Waals surface area contributed by atoms with Crippen LogP contribution in [0.1, 0.15) is 19.4 Å². The van der Waals surface area contributed by atoms with Crippen molar-refractivity contribution in [3.05, 3.63) is 70.8 Å². The van der Waals surface area contributed by atoms with Crippen molar-refractivity contribution in [3.8, 4) is 5.75 Å². The van der Waals surface area contributed by atoms with Gasteiger partial charge in [0, 0.05) is 36.1 Å². The predicted octanol–water partition coefficient (Wildman–Crippen LogP) is 3.49. The first-order chi connectivity index (χ1) is 14.1. The number of fused-ring (bicyclic) bond motifs is 2. The Kier molecular flexibility index (Phi) is 5.14. The molecule has 2 N–H and O–H groups in total. The molecular formula is C22H23N5O2. The second-order valence-corrected chi connectivity index (χ2v) is 7.09. The molecule has 0 aliphatic rings. The Balaban J connectivity index is 1.85. The maximum Gasteiger partial charge on any atom is 0.264 e. The largest absolute Gasteiger partial charge is 0.493 e. The zero-order valence-corrected chi connectivity index (χ0v) is 16.6. The molecule has 0 radical (unpaired) electrons. The third-order valence-electron chi connectivity index (χ3n) is 4.68. The van der Waals surface area contributed by atoms with Gasteiger partial charge in [0.2, 0.25) is 0 Å². The SMILES string of the molecule is COc1cccn2c(=O)c(CNC(C)C)c(Nc3ccc4ncccc4c3)nc12. The third-order valence-corrected chi connectivity index (χ3v) is 4.68. The standard InChI is InChI=1S/C22H23N5O2/c1-14(2)24-13-17-20(25-16-8-9-18-15(12-16)6-4-10-23-18)26-21-19(29-3)7-5-11-27(21)22(17)28/h4-12,14,24-25H,13H2,1-3H3. The van der Waals surface area contributed by atoms with Crippen LogP contribution < -0.4 is 20.9 Å². The molecule has 0 unspecified atom stereocenters. The Morgan fingerprint density at radius 3 is 2.83 bits per heavy atom. The molecule has 7 nitrogen and oxygen atoms in total. The highest BCUT2D eigenvalue weighted by Gasteiger charge is 2.16. The highest BCUT2D eigenvalue weighted by atomic mass is 16.5. The molecule has 7 heteroatoms. The van der Waals surface area contributed by atoms with E-state index in [9.17, 15) is 4.79 Å². The van der Waals surface area contributed by atoms with E-state index in [-0.39, 0.29) is 11.6 Å². The van der Waals surface area contributed by atoms with Gasteiger partial charge in [0.05, 0.1) is 18.2 Å². The number of rotatable bonds is 6. The van der Waals surface area contributed by atoms with E-state index in [1.807, 2.05) is 44.2 Å². The first-order valence-corrected chi connectivity index (χ1v) is 9.50. The van der Waals surface area contributed by atoms with E-state index in [1.165, 1.54) is 4.40 Å². The van der Waals surface area contributed by atoms with E-state index >= 15 is 0 Å². The van der Waals surface area contributed by atoms with Gasteiger partial charge in [-0.05, 0) is 36.4 Å². The molecule has 29 heavy (non-hydrogen) atoms. The molecule has 0 aliphatic carbocycles. The number of hydrogen-bond donors (Lipinski definition) is 2.